The molecule has 3 rings (SSSR count). The average Bonchev–Trinajstić information content (AvgIpc) is 3.10. The van der Waals surface area contributed by atoms with Gasteiger partial charge in [-0.05, 0) is 11.6 Å². The molecule has 2 unspecified atom stereocenters. The van der Waals surface area contributed by atoms with E-state index in [1.54, 1.807) is 19.2 Å². The highest BCUT2D eigenvalue weighted by atomic mass is 16.6. The summed E-state index contributed by atoms with van der Waals surface area (Å²) in [6.45, 7) is 0. The highest BCUT2D eigenvalue weighted by molar-refractivity contribution is 5.79. The number of methoxy groups -OCH3 is 1. The number of non-ortho nitro benzene ring substituents is 1. The first-order valence-electron chi connectivity index (χ1n) is 8.23. The number of carbonyl (C=O) groups is 1. The second-order valence-corrected chi connectivity index (χ2v) is 6.04. The lowest BCUT2D eigenvalue weighted by atomic mass is 10.0. The predicted molar refractivity (Wildman–Crippen MR) is 95.4 cm³/mol. The molecule has 1 amide bonds. The number of hydrogen-bond donors (Lipinski definition) is 3. The Morgan fingerprint density at radius 2 is 2.08 bits per heavy atom. The van der Waals surface area contributed by atoms with E-state index in [4.69, 9.17) is 4.74 Å². The van der Waals surface area contributed by atoms with E-state index < -0.39 is 4.92 Å². The number of nitrogens with one attached hydrogen (secondary N) is 3. The first-order chi connectivity index (χ1) is 12.6. The molecule has 0 bridgehead atoms. The van der Waals surface area contributed by atoms with Gasteiger partial charge in [-0.15, -0.1) is 0 Å². The number of benzene rings is 2. The number of hydrazine groups is 1. The topological polar surface area (TPSA) is 106 Å². The van der Waals surface area contributed by atoms with Crippen LogP contribution in [0.15, 0.2) is 48.5 Å². The number of nitro benzene ring substituents is 1. The van der Waals surface area contributed by atoms with Crippen LogP contribution in [0.4, 0.5) is 5.69 Å². The lowest BCUT2D eigenvalue weighted by Crippen LogP contribution is -2.44. The van der Waals surface area contributed by atoms with Crippen LogP contribution in [0, 0.1) is 10.1 Å². The van der Waals surface area contributed by atoms with Crippen LogP contribution in [0.3, 0.4) is 0 Å². The van der Waals surface area contributed by atoms with Crippen LogP contribution in [0.2, 0.25) is 0 Å². The molecule has 0 spiro atoms. The molecular weight excluding hydrogens is 336 g/mol. The number of hydrogen-bond acceptors (Lipinski definition) is 6. The van der Waals surface area contributed by atoms with Crippen molar-refractivity contribution in [1.82, 2.24) is 16.2 Å². The van der Waals surface area contributed by atoms with Crippen molar-refractivity contribution in [3.05, 3.63) is 69.8 Å². The molecular formula is C18H20N4O4. The number of rotatable bonds is 6. The van der Waals surface area contributed by atoms with Crippen molar-refractivity contribution in [2.75, 3.05) is 7.11 Å². The molecule has 0 saturated carbocycles. The molecule has 1 aliphatic heterocycles. The monoisotopic (exact) mass is 356 g/mol. The van der Waals surface area contributed by atoms with Gasteiger partial charge in [-0.25, -0.2) is 10.9 Å². The number of ether oxygens (including phenoxy) is 1. The molecule has 2 aromatic rings. The Kier molecular flexibility index (Phi) is 5.45. The summed E-state index contributed by atoms with van der Waals surface area (Å²) in [6.07, 6.45) is 0.532. The van der Waals surface area contributed by atoms with E-state index in [0.29, 0.717) is 12.2 Å². The van der Waals surface area contributed by atoms with Gasteiger partial charge >= 0.3 is 0 Å². The zero-order chi connectivity index (χ0) is 18.5. The molecule has 2 aromatic carbocycles. The van der Waals surface area contributed by atoms with Gasteiger partial charge in [0.2, 0.25) is 5.91 Å². The molecule has 2 atom stereocenters. The van der Waals surface area contributed by atoms with E-state index in [1.165, 1.54) is 6.07 Å². The third-order valence-electron chi connectivity index (χ3n) is 4.27. The van der Waals surface area contributed by atoms with Gasteiger partial charge in [-0.1, -0.05) is 30.3 Å². The van der Waals surface area contributed by atoms with Gasteiger partial charge < -0.3 is 10.1 Å². The van der Waals surface area contributed by atoms with Crippen molar-refractivity contribution < 1.29 is 14.5 Å². The van der Waals surface area contributed by atoms with Crippen LogP contribution in [0.5, 0.6) is 5.75 Å². The lowest BCUT2D eigenvalue weighted by Gasteiger charge is -2.13. The number of nitrogens with zero attached hydrogens (tertiary/aromatic N) is 1. The number of amides is 1. The summed E-state index contributed by atoms with van der Waals surface area (Å²) in [5.41, 5.74) is 7.75. The second-order valence-electron chi connectivity index (χ2n) is 6.04. The maximum atomic E-state index is 12.3. The van der Waals surface area contributed by atoms with E-state index in [9.17, 15) is 14.9 Å². The van der Waals surface area contributed by atoms with Gasteiger partial charge in [0.15, 0.2) is 0 Å². The molecule has 136 valence electrons. The Bertz CT molecular complexity index is 811. The SMILES string of the molecule is COc1ccccc1CC(=O)NC1CC(c2cccc([N+](=O)[O-])c2)NN1. The average molecular weight is 356 g/mol. The minimum atomic E-state index is -0.418. The van der Waals surface area contributed by atoms with Gasteiger partial charge in [-0.2, -0.15) is 0 Å². The van der Waals surface area contributed by atoms with Crippen LogP contribution < -0.4 is 20.9 Å². The zero-order valence-corrected chi connectivity index (χ0v) is 14.3. The molecule has 8 heteroatoms. The summed E-state index contributed by atoms with van der Waals surface area (Å²) < 4.78 is 5.26. The summed E-state index contributed by atoms with van der Waals surface area (Å²) in [5.74, 6) is 0.545. The zero-order valence-electron chi connectivity index (χ0n) is 14.3. The van der Waals surface area contributed by atoms with E-state index >= 15 is 0 Å². The van der Waals surface area contributed by atoms with Crippen LogP contribution in [0.1, 0.15) is 23.6 Å². The van der Waals surface area contributed by atoms with Gasteiger partial charge in [0.25, 0.3) is 5.69 Å². The molecule has 0 aliphatic carbocycles. The van der Waals surface area contributed by atoms with Crippen LogP contribution >= 0.6 is 0 Å². The van der Waals surface area contributed by atoms with Crippen LogP contribution in [-0.2, 0) is 11.2 Å². The van der Waals surface area contributed by atoms with Gasteiger partial charge in [0.1, 0.15) is 5.75 Å². The third kappa shape index (κ3) is 4.16. The Hall–Kier alpha value is -2.97. The number of nitro groups is 1. The molecule has 8 nitrogen and oxygen atoms in total. The lowest BCUT2D eigenvalue weighted by molar-refractivity contribution is -0.384. The van der Waals surface area contributed by atoms with E-state index in [1.807, 2.05) is 30.3 Å². The normalized spacial score (nSPS) is 19.1. The van der Waals surface area contributed by atoms with E-state index in [0.717, 1.165) is 11.1 Å². The molecule has 1 aliphatic rings. The van der Waals surface area contributed by atoms with Crippen molar-refractivity contribution in [3.63, 3.8) is 0 Å². The molecule has 0 aromatic heterocycles. The van der Waals surface area contributed by atoms with Crippen molar-refractivity contribution in [3.8, 4) is 5.75 Å². The van der Waals surface area contributed by atoms with Crippen LogP contribution in [0.25, 0.3) is 0 Å². The van der Waals surface area contributed by atoms with Gasteiger partial charge in [0.05, 0.1) is 24.6 Å². The van der Waals surface area contributed by atoms with Crippen molar-refractivity contribution in [1.29, 1.82) is 0 Å². The smallest absolute Gasteiger partial charge is 0.269 e. The Morgan fingerprint density at radius 3 is 2.85 bits per heavy atom. The molecule has 3 N–H and O–H groups in total. The largest absolute Gasteiger partial charge is 0.496 e. The molecule has 1 fully saturated rings. The highest BCUT2D eigenvalue weighted by Gasteiger charge is 2.27. The maximum Gasteiger partial charge on any atom is 0.269 e. The third-order valence-corrected chi connectivity index (χ3v) is 4.27. The summed E-state index contributed by atoms with van der Waals surface area (Å²) in [4.78, 5) is 22.8. The number of carbonyl (C=O) groups excluding carboxylic acids is 1. The van der Waals surface area contributed by atoms with Crippen molar-refractivity contribution >= 4 is 11.6 Å². The Labute approximate surface area is 150 Å². The Morgan fingerprint density at radius 1 is 1.27 bits per heavy atom. The summed E-state index contributed by atoms with van der Waals surface area (Å²) in [7, 11) is 1.57. The first-order valence-corrected chi connectivity index (χ1v) is 8.23. The minimum absolute atomic E-state index is 0.0490. The molecule has 0 radical (unpaired) electrons. The quantitative estimate of drug-likeness (QED) is 0.539. The van der Waals surface area contributed by atoms with Crippen LogP contribution in [-0.4, -0.2) is 24.1 Å². The summed E-state index contributed by atoms with van der Waals surface area (Å²) in [6, 6.07) is 13.7. The fraction of sp³-hybridized carbons (Fsp3) is 0.278. The highest BCUT2D eigenvalue weighted by Crippen LogP contribution is 2.25. The van der Waals surface area contributed by atoms with Crippen molar-refractivity contribution in [2.45, 2.75) is 25.0 Å². The standard InChI is InChI=1S/C18H20N4O4/c1-26-16-8-3-2-5-13(16)10-18(23)19-17-11-15(20-21-17)12-6-4-7-14(9-12)22(24)25/h2-9,15,17,20-21H,10-11H2,1H3,(H,19,23). The molecule has 1 saturated heterocycles. The van der Waals surface area contributed by atoms with E-state index in [2.05, 4.69) is 16.2 Å². The predicted octanol–water partition coefficient (Wildman–Crippen LogP) is 1.83. The number of para-hydroxylation sites is 1. The van der Waals surface area contributed by atoms with E-state index in [-0.39, 0.29) is 30.2 Å². The van der Waals surface area contributed by atoms with Gasteiger partial charge in [-0.3, -0.25) is 14.9 Å². The summed E-state index contributed by atoms with van der Waals surface area (Å²) >= 11 is 0. The van der Waals surface area contributed by atoms with Gasteiger partial charge in [0, 0.05) is 30.2 Å². The van der Waals surface area contributed by atoms with Crippen molar-refractivity contribution in [2.24, 2.45) is 0 Å². The fourth-order valence-electron chi connectivity index (χ4n) is 2.99. The molecule has 26 heavy (non-hydrogen) atoms. The Balaban J connectivity index is 1.58. The maximum absolute atomic E-state index is 12.3. The molecule has 1 heterocycles. The summed E-state index contributed by atoms with van der Waals surface area (Å²) in [5, 5.41) is 13.8. The fourth-order valence-corrected chi connectivity index (χ4v) is 2.99. The first kappa shape index (κ1) is 17.8. The minimum Gasteiger partial charge on any atom is -0.496 e. The second kappa shape index (κ2) is 7.94.